The number of ether oxygens (including phenoxy) is 2. The van der Waals surface area contributed by atoms with E-state index < -0.39 is 0 Å². The molecule has 4 nitrogen and oxygen atoms in total. The quantitative estimate of drug-likeness (QED) is 0.195. The zero-order valence-corrected chi connectivity index (χ0v) is 17.0. The van der Waals surface area contributed by atoms with Crippen LogP contribution in [0, 0.1) is 0 Å². The third kappa shape index (κ3) is 8.38. The maximum atomic E-state index is 11.3. The first-order chi connectivity index (χ1) is 13.7. The lowest BCUT2D eigenvalue weighted by atomic mass is 10.1. The summed E-state index contributed by atoms with van der Waals surface area (Å²) in [6, 6.07) is 12.1. The lowest BCUT2D eigenvalue weighted by Crippen LogP contribution is -1.99. The molecule has 28 heavy (non-hydrogen) atoms. The summed E-state index contributed by atoms with van der Waals surface area (Å²) in [6.07, 6.45) is 12.5. The van der Waals surface area contributed by atoms with Crippen molar-refractivity contribution in [2.45, 2.75) is 52.4 Å². The number of rotatable bonds is 12. The van der Waals surface area contributed by atoms with Crippen LogP contribution in [0.15, 0.2) is 60.2 Å². The van der Waals surface area contributed by atoms with E-state index in [-0.39, 0.29) is 5.97 Å². The van der Waals surface area contributed by atoms with E-state index in [4.69, 9.17) is 9.47 Å². The summed E-state index contributed by atoms with van der Waals surface area (Å²) >= 11 is 0. The van der Waals surface area contributed by atoms with Crippen LogP contribution in [0.3, 0.4) is 0 Å². The van der Waals surface area contributed by atoms with Crippen molar-refractivity contribution in [3.8, 4) is 5.88 Å². The molecule has 0 N–H and O–H groups in total. The van der Waals surface area contributed by atoms with E-state index in [0.717, 1.165) is 35.7 Å². The molecule has 0 aliphatic heterocycles. The highest BCUT2D eigenvalue weighted by Gasteiger charge is 1.99. The minimum Gasteiger partial charge on any atom is -0.478 e. The van der Waals surface area contributed by atoms with Crippen LogP contribution in [0.25, 0.3) is 10.9 Å². The van der Waals surface area contributed by atoms with Gasteiger partial charge in [-0.25, -0.2) is 9.78 Å². The second kappa shape index (κ2) is 12.7. The van der Waals surface area contributed by atoms with Gasteiger partial charge in [-0.15, -0.1) is 0 Å². The monoisotopic (exact) mass is 381 g/mol. The molecule has 1 aromatic heterocycles. The van der Waals surface area contributed by atoms with Gasteiger partial charge in [-0.3, -0.25) is 0 Å². The Balaban J connectivity index is 1.51. The fourth-order valence-electron chi connectivity index (χ4n) is 2.89. The van der Waals surface area contributed by atoms with Crippen molar-refractivity contribution in [3.05, 3.63) is 60.2 Å². The van der Waals surface area contributed by atoms with Gasteiger partial charge in [0.25, 0.3) is 0 Å². The van der Waals surface area contributed by atoms with Gasteiger partial charge >= 0.3 is 5.97 Å². The standard InChI is InChI=1S/C24H31NO3/c1-3-27-24(26)19-20(2)13-9-7-5-4-6-8-12-18-28-23-17-16-21-14-10-11-15-22(21)25-23/h9-11,13-17,19H,3-8,12,18H2,1-2H3. The number of unbranched alkanes of at least 4 members (excludes halogenated alkanes) is 5. The minimum absolute atomic E-state index is 0.272. The average Bonchev–Trinajstić information content (AvgIpc) is 2.69. The number of pyridine rings is 1. The molecule has 1 heterocycles. The van der Waals surface area contributed by atoms with E-state index in [0.29, 0.717) is 19.1 Å². The molecule has 0 atom stereocenters. The van der Waals surface area contributed by atoms with E-state index in [1.807, 2.05) is 44.2 Å². The molecule has 150 valence electrons. The Morgan fingerprint density at radius 2 is 1.82 bits per heavy atom. The van der Waals surface area contributed by atoms with E-state index in [2.05, 4.69) is 23.2 Å². The molecule has 0 fully saturated rings. The van der Waals surface area contributed by atoms with Crippen LogP contribution in [-0.2, 0) is 9.53 Å². The highest BCUT2D eigenvalue weighted by molar-refractivity contribution is 5.83. The molecule has 0 aliphatic rings. The van der Waals surface area contributed by atoms with Gasteiger partial charge in [-0.2, -0.15) is 0 Å². The Morgan fingerprint density at radius 1 is 1.04 bits per heavy atom. The number of nitrogens with zero attached hydrogens (tertiary/aromatic N) is 1. The van der Waals surface area contributed by atoms with Crippen molar-refractivity contribution < 1.29 is 14.3 Å². The first kappa shape index (κ1) is 21.7. The molecule has 0 amide bonds. The molecule has 0 bridgehead atoms. The second-order valence-corrected chi connectivity index (χ2v) is 6.79. The van der Waals surface area contributed by atoms with Crippen molar-refractivity contribution in [2.75, 3.05) is 13.2 Å². The number of hydrogen-bond donors (Lipinski definition) is 0. The van der Waals surface area contributed by atoms with E-state index in [9.17, 15) is 4.79 Å². The second-order valence-electron chi connectivity index (χ2n) is 6.79. The third-order valence-electron chi connectivity index (χ3n) is 4.35. The number of esters is 1. The molecule has 0 aliphatic carbocycles. The zero-order valence-electron chi connectivity index (χ0n) is 17.0. The van der Waals surface area contributed by atoms with Crippen LogP contribution in [0.2, 0.25) is 0 Å². The number of hydrogen-bond acceptors (Lipinski definition) is 4. The van der Waals surface area contributed by atoms with Crippen LogP contribution < -0.4 is 4.74 Å². The van der Waals surface area contributed by atoms with Gasteiger partial charge in [0.1, 0.15) is 0 Å². The normalized spacial score (nSPS) is 11.9. The summed E-state index contributed by atoms with van der Waals surface area (Å²) in [4.78, 5) is 15.8. The molecule has 2 rings (SSSR count). The summed E-state index contributed by atoms with van der Waals surface area (Å²) in [5.41, 5.74) is 1.90. The van der Waals surface area contributed by atoms with E-state index >= 15 is 0 Å². The van der Waals surface area contributed by atoms with Crippen molar-refractivity contribution in [1.29, 1.82) is 0 Å². The van der Waals surface area contributed by atoms with Crippen LogP contribution in [0.4, 0.5) is 0 Å². The Hall–Kier alpha value is -2.62. The number of fused-ring (bicyclic) bond motifs is 1. The molecular weight excluding hydrogens is 350 g/mol. The van der Waals surface area contributed by atoms with E-state index in [1.165, 1.54) is 25.3 Å². The Kier molecular flexibility index (Phi) is 9.84. The van der Waals surface area contributed by atoms with E-state index in [1.54, 1.807) is 0 Å². The number of aromatic nitrogens is 1. The summed E-state index contributed by atoms with van der Waals surface area (Å²) in [6.45, 7) is 4.85. The summed E-state index contributed by atoms with van der Waals surface area (Å²) in [7, 11) is 0. The fraction of sp³-hybridized carbons (Fsp3) is 0.417. The smallest absolute Gasteiger partial charge is 0.330 e. The molecule has 4 heteroatoms. The van der Waals surface area contributed by atoms with Crippen molar-refractivity contribution in [3.63, 3.8) is 0 Å². The van der Waals surface area contributed by atoms with Crippen molar-refractivity contribution >= 4 is 16.9 Å². The summed E-state index contributed by atoms with van der Waals surface area (Å²) < 4.78 is 10.7. The summed E-state index contributed by atoms with van der Waals surface area (Å²) in [5.74, 6) is 0.431. The number of benzene rings is 1. The lowest BCUT2D eigenvalue weighted by Gasteiger charge is -2.06. The fourth-order valence-corrected chi connectivity index (χ4v) is 2.89. The van der Waals surface area contributed by atoms with Crippen LogP contribution in [-0.4, -0.2) is 24.2 Å². The summed E-state index contributed by atoms with van der Waals surface area (Å²) in [5, 5.41) is 1.13. The topological polar surface area (TPSA) is 48.4 Å². The molecule has 0 radical (unpaired) electrons. The van der Waals surface area contributed by atoms with Gasteiger partial charge in [-0.05, 0) is 50.8 Å². The average molecular weight is 382 g/mol. The SMILES string of the molecule is CCOC(=O)C=C(C)C=CCCCCCCCOc1ccc2ccccc2n1. The van der Waals surface area contributed by atoms with Gasteiger partial charge in [0.05, 0.1) is 18.7 Å². The Labute approximate surface area is 168 Å². The number of carbonyl (C=O) groups is 1. The van der Waals surface area contributed by atoms with Gasteiger partial charge in [0.15, 0.2) is 0 Å². The maximum Gasteiger partial charge on any atom is 0.330 e. The molecule has 0 unspecified atom stereocenters. The largest absolute Gasteiger partial charge is 0.478 e. The first-order valence-corrected chi connectivity index (χ1v) is 10.2. The van der Waals surface area contributed by atoms with Gasteiger partial charge in [-0.1, -0.05) is 49.6 Å². The predicted molar refractivity (Wildman–Crippen MR) is 114 cm³/mol. The van der Waals surface area contributed by atoms with Gasteiger partial charge in [0, 0.05) is 17.5 Å². The molecule has 0 saturated carbocycles. The maximum absolute atomic E-state index is 11.3. The first-order valence-electron chi connectivity index (χ1n) is 10.2. The van der Waals surface area contributed by atoms with Crippen molar-refractivity contribution in [2.24, 2.45) is 0 Å². The third-order valence-corrected chi connectivity index (χ3v) is 4.35. The molecule has 2 aromatic rings. The van der Waals surface area contributed by atoms with Gasteiger partial charge in [0.2, 0.25) is 5.88 Å². The Bertz CT molecular complexity index is 795. The van der Waals surface area contributed by atoms with Crippen molar-refractivity contribution in [1.82, 2.24) is 4.98 Å². The molecule has 0 saturated heterocycles. The number of allylic oxidation sites excluding steroid dienone is 3. The predicted octanol–water partition coefficient (Wildman–Crippen LogP) is 6.02. The lowest BCUT2D eigenvalue weighted by molar-refractivity contribution is -0.137. The number of para-hydroxylation sites is 1. The Morgan fingerprint density at radius 3 is 2.68 bits per heavy atom. The molecular formula is C24H31NO3. The minimum atomic E-state index is -0.272. The van der Waals surface area contributed by atoms with Crippen LogP contribution in [0.5, 0.6) is 5.88 Å². The van der Waals surface area contributed by atoms with Gasteiger partial charge < -0.3 is 9.47 Å². The highest BCUT2D eigenvalue weighted by atomic mass is 16.5. The zero-order chi connectivity index (χ0) is 20.0. The molecule has 1 aromatic carbocycles. The number of carbonyl (C=O) groups excluding carboxylic acids is 1. The van der Waals surface area contributed by atoms with Crippen LogP contribution in [0.1, 0.15) is 52.4 Å². The molecule has 0 spiro atoms. The highest BCUT2D eigenvalue weighted by Crippen LogP contribution is 2.16. The van der Waals surface area contributed by atoms with Crippen LogP contribution >= 0.6 is 0 Å².